The number of ether oxygens (including phenoxy) is 1. The highest BCUT2D eigenvalue weighted by molar-refractivity contribution is 7.80. The number of hydrogen-bond acceptors (Lipinski definition) is 3. The minimum atomic E-state index is -2.92. The van der Waals surface area contributed by atoms with Crippen LogP contribution in [0.15, 0.2) is 54.7 Å². The summed E-state index contributed by atoms with van der Waals surface area (Å²) >= 11 is 11.2. The third kappa shape index (κ3) is 5.64. The molecule has 5 nitrogen and oxygen atoms in total. The third-order valence-corrected chi connectivity index (χ3v) is 4.16. The van der Waals surface area contributed by atoms with Crippen molar-refractivity contribution in [2.24, 2.45) is 0 Å². The van der Waals surface area contributed by atoms with E-state index in [1.807, 2.05) is 24.3 Å². The Hall–Kier alpha value is -2.71. The summed E-state index contributed by atoms with van der Waals surface area (Å²) in [4.78, 5) is 0. The topological polar surface area (TPSA) is 51.1 Å². The first kappa shape index (κ1) is 20.0. The molecular formula is C19H17ClF2N4OS. The quantitative estimate of drug-likeness (QED) is 0.528. The van der Waals surface area contributed by atoms with E-state index in [4.69, 9.17) is 23.8 Å². The summed E-state index contributed by atoms with van der Waals surface area (Å²) in [5.41, 5.74) is 2.14. The molecule has 9 heteroatoms. The van der Waals surface area contributed by atoms with Crippen molar-refractivity contribution in [3.63, 3.8) is 0 Å². The fourth-order valence-corrected chi connectivity index (χ4v) is 2.96. The maximum Gasteiger partial charge on any atom is 0.387 e. The number of thiocarbonyl (C=S) groups is 1. The summed E-state index contributed by atoms with van der Waals surface area (Å²) in [6.45, 7) is -0.594. The van der Waals surface area contributed by atoms with Crippen molar-refractivity contribution < 1.29 is 13.5 Å². The summed E-state index contributed by atoms with van der Waals surface area (Å²) < 4.78 is 31.5. The zero-order valence-electron chi connectivity index (χ0n) is 14.8. The number of halogens is 3. The minimum absolute atomic E-state index is 0.0191. The smallest absolute Gasteiger partial charge is 0.387 e. The maximum atomic E-state index is 12.6. The summed E-state index contributed by atoms with van der Waals surface area (Å²) in [6.07, 6.45) is 1.79. The van der Waals surface area contributed by atoms with E-state index in [0.29, 0.717) is 23.1 Å². The fraction of sp³-hybridized carbons (Fsp3) is 0.158. The van der Waals surface area contributed by atoms with Crippen LogP contribution in [0.2, 0.25) is 5.02 Å². The molecule has 0 aliphatic heterocycles. The van der Waals surface area contributed by atoms with E-state index in [-0.39, 0.29) is 10.9 Å². The Morgan fingerprint density at radius 3 is 2.79 bits per heavy atom. The lowest BCUT2D eigenvalue weighted by Gasteiger charge is -2.14. The first-order valence-electron chi connectivity index (χ1n) is 8.30. The lowest BCUT2D eigenvalue weighted by atomic mass is 10.2. The second-order valence-corrected chi connectivity index (χ2v) is 6.83. The highest BCUT2D eigenvalue weighted by Crippen LogP contribution is 2.27. The Labute approximate surface area is 171 Å². The average molecular weight is 423 g/mol. The maximum absolute atomic E-state index is 12.6. The van der Waals surface area contributed by atoms with Gasteiger partial charge in [-0.3, -0.25) is 4.68 Å². The number of nitrogens with zero attached hydrogens (tertiary/aromatic N) is 2. The lowest BCUT2D eigenvalue weighted by molar-refractivity contribution is -0.0493. The van der Waals surface area contributed by atoms with Gasteiger partial charge in [0.25, 0.3) is 0 Å². The molecule has 1 aromatic heterocycles. The molecule has 0 amide bonds. The molecule has 0 aliphatic rings. The molecule has 0 saturated carbocycles. The average Bonchev–Trinajstić information content (AvgIpc) is 3.03. The molecule has 2 N–H and O–H groups in total. The number of rotatable bonds is 6. The van der Waals surface area contributed by atoms with Crippen molar-refractivity contribution in [3.8, 4) is 5.75 Å². The van der Waals surface area contributed by atoms with Crippen LogP contribution in [0, 0.1) is 6.92 Å². The van der Waals surface area contributed by atoms with Gasteiger partial charge in [-0.15, -0.1) is 0 Å². The molecule has 3 rings (SSSR count). The van der Waals surface area contributed by atoms with Crippen molar-refractivity contribution in [2.75, 3.05) is 10.6 Å². The number of aromatic nitrogens is 2. The first-order chi connectivity index (χ1) is 13.4. The Kier molecular flexibility index (Phi) is 6.43. The molecule has 0 aliphatic carbocycles. The second-order valence-electron chi connectivity index (χ2n) is 5.99. The van der Waals surface area contributed by atoms with E-state index >= 15 is 0 Å². The lowest BCUT2D eigenvalue weighted by Crippen LogP contribution is -2.20. The number of anilines is 2. The van der Waals surface area contributed by atoms with Crippen LogP contribution >= 0.6 is 23.8 Å². The zero-order chi connectivity index (χ0) is 20.1. The van der Waals surface area contributed by atoms with Gasteiger partial charge in [0.1, 0.15) is 5.75 Å². The molecule has 28 heavy (non-hydrogen) atoms. The molecule has 1 heterocycles. The molecule has 0 bridgehead atoms. The van der Waals surface area contributed by atoms with E-state index < -0.39 is 6.61 Å². The van der Waals surface area contributed by atoms with Gasteiger partial charge in [0.05, 0.1) is 12.2 Å². The Morgan fingerprint density at radius 1 is 1.21 bits per heavy atom. The number of hydrogen-bond donors (Lipinski definition) is 2. The number of aryl methyl sites for hydroxylation is 1. The van der Waals surface area contributed by atoms with Gasteiger partial charge in [-0.2, -0.15) is 13.9 Å². The van der Waals surface area contributed by atoms with Gasteiger partial charge in [-0.05, 0) is 54.5 Å². The molecule has 0 unspecified atom stereocenters. The van der Waals surface area contributed by atoms with E-state index in [1.165, 1.54) is 6.07 Å². The van der Waals surface area contributed by atoms with Crippen molar-refractivity contribution in [3.05, 3.63) is 70.9 Å². The molecular weight excluding hydrogens is 406 g/mol. The van der Waals surface area contributed by atoms with Gasteiger partial charge in [0.2, 0.25) is 0 Å². The van der Waals surface area contributed by atoms with Gasteiger partial charge < -0.3 is 15.4 Å². The van der Waals surface area contributed by atoms with Gasteiger partial charge in [0, 0.05) is 17.3 Å². The molecule has 0 spiro atoms. The van der Waals surface area contributed by atoms with Crippen LogP contribution in [0.4, 0.5) is 20.3 Å². The SMILES string of the molecule is Cc1ccc(NC(=S)Nc2ccn(Cc3cccc(Cl)c3)n2)c(OC(F)F)c1. The van der Waals surface area contributed by atoms with Crippen molar-refractivity contribution in [1.82, 2.24) is 9.78 Å². The van der Waals surface area contributed by atoms with Crippen LogP contribution in [0.5, 0.6) is 5.75 Å². The molecule has 0 saturated heterocycles. The second kappa shape index (κ2) is 8.99. The van der Waals surface area contributed by atoms with Gasteiger partial charge in [-0.1, -0.05) is 29.8 Å². The number of benzene rings is 2. The highest BCUT2D eigenvalue weighted by atomic mass is 35.5. The molecule has 0 radical (unpaired) electrons. The Morgan fingerprint density at radius 2 is 2.04 bits per heavy atom. The van der Waals surface area contributed by atoms with Crippen LogP contribution in [-0.2, 0) is 6.54 Å². The fourth-order valence-electron chi connectivity index (χ4n) is 2.53. The Bertz CT molecular complexity index is 980. The van der Waals surface area contributed by atoms with Crippen molar-refractivity contribution in [1.29, 1.82) is 0 Å². The highest BCUT2D eigenvalue weighted by Gasteiger charge is 2.12. The summed E-state index contributed by atoms with van der Waals surface area (Å²) in [5, 5.41) is 11.0. The van der Waals surface area contributed by atoms with Crippen LogP contribution in [0.25, 0.3) is 0 Å². The van der Waals surface area contributed by atoms with Gasteiger partial charge in [0.15, 0.2) is 10.9 Å². The largest absolute Gasteiger partial charge is 0.433 e. The predicted molar refractivity (Wildman–Crippen MR) is 110 cm³/mol. The van der Waals surface area contributed by atoms with E-state index in [9.17, 15) is 8.78 Å². The van der Waals surface area contributed by atoms with Crippen LogP contribution in [0.3, 0.4) is 0 Å². The molecule has 3 aromatic rings. The zero-order valence-corrected chi connectivity index (χ0v) is 16.4. The summed E-state index contributed by atoms with van der Waals surface area (Å²) in [6, 6.07) is 14.2. The summed E-state index contributed by atoms with van der Waals surface area (Å²) in [5.74, 6) is 0.536. The number of nitrogens with one attached hydrogen (secondary N) is 2. The number of alkyl halides is 2. The van der Waals surface area contributed by atoms with E-state index in [0.717, 1.165) is 11.1 Å². The molecule has 0 fully saturated rings. The molecule has 0 atom stereocenters. The van der Waals surface area contributed by atoms with E-state index in [2.05, 4.69) is 20.5 Å². The van der Waals surface area contributed by atoms with Crippen LogP contribution in [-0.4, -0.2) is 21.5 Å². The van der Waals surface area contributed by atoms with Crippen LogP contribution in [0.1, 0.15) is 11.1 Å². The van der Waals surface area contributed by atoms with E-state index in [1.54, 1.807) is 36.0 Å². The minimum Gasteiger partial charge on any atom is -0.433 e. The first-order valence-corrected chi connectivity index (χ1v) is 9.09. The van der Waals surface area contributed by atoms with Crippen molar-refractivity contribution >= 4 is 40.4 Å². The van der Waals surface area contributed by atoms with Gasteiger partial charge in [-0.25, -0.2) is 0 Å². The normalized spacial score (nSPS) is 10.8. The van der Waals surface area contributed by atoms with Gasteiger partial charge >= 0.3 is 6.61 Å². The van der Waals surface area contributed by atoms with Crippen LogP contribution < -0.4 is 15.4 Å². The Balaban J connectivity index is 1.64. The predicted octanol–water partition coefficient (Wildman–Crippen LogP) is 5.30. The standard InChI is InChI=1S/C19H17ClF2N4OS/c1-12-5-6-15(16(9-12)27-18(21)22)23-19(28)24-17-7-8-26(25-17)11-13-3-2-4-14(20)10-13/h2-10,18H,11H2,1H3,(H2,23,24,25,28). The molecule has 2 aromatic carbocycles. The third-order valence-electron chi connectivity index (χ3n) is 3.72. The monoisotopic (exact) mass is 422 g/mol. The summed E-state index contributed by atoms with van der Waals surface area (Å²) in [7, 11) is 0. The van der Waals surface area contributed by atoms with Crippen molar-refractivity contribution in [2.45, 2.75) is 20.1 Å². The molecule has 146 valence electrons.